The Balaban J connectivity index is 1.61. The molecule has 9 heteroatoms. The molecule has 1 N–H and O–H groups in total. The molecule has 174 valence electrons. The van der Waals surface area contributed by atoms with Gasteiger partial charge in [-0.3, -0.25) is 4.79 Å². The first kappa shape index (κ1) is 24.1. The van der Waals surface area contributed by atoms with Crippen LogP contribution in [0.2, 0.25) is 10.0 Å². The van der Waals surface area contributed by atoms with Gasteiger partial charge in [0.05, 0.1) is 22.2 Å². The van der Waals surface area contributed by atoms with E-state index in [9.17, 15) is 14.9 Å². The highest BCUT2D eigenvalue weighted by Gasteiger charge is 2.28. The van der Waals surface area contributed by atoms with Gasteiger partial charge in [-0.2, -0.15) is 5.26 Å². The lowest BCUT2D eigenvalue weighted by atomic mass is 9.95. The van der Waals surface area contributed by atoms with E-state index in [1.165, 1.54) is 17.4 Å². The van der Waals surface area contributed by atoms with Gasteiger partial charge >= 0.3 is 5.97 Å². The molecule has 3 aromatic rings. The third kappa shape index (κ3) is 4.90. The summed E-state index contributed by atoms with van der Waals surface area (Å²) >= 11 is 13.7. The van der Waals surface area contributed by atoms with Gasteiger partial charge in [0.2, 0.25) is 0 Å². The number of carbonyl (C=O) groups is 2. The summed E-state index contributed by atoms with van der Waals surface area (Å²) in [5.74, 6) is -0.347. The highest BCUT2D eigenvalue weighted by Crippen LogP contribution is 2.39. The number of amides is 1. The topological polar surface area (TPSA) is 92.3 Å². The summed E-state index contributed by atoms with van der Waals surface area (Å²) < 4.78 is 11.0. The van der Waals surface area contributed by atoms with Crippen molar-refractivity contribution in [1.29, 1.82) is 5.26 Å². The van der Waals surface area contributed by atoms with E-state index in [0.29, 0.717) is 37.7 Å². The van der Waals surface area contributed by atoms with E-state index in [1.54, 1.807) is 37.3 Å². The number of nitrogens with zero attached hydrogens (tertiary/aromatic N) is 1. The van der Waals surface area contributed by atoms with Crippen molar-refractivity contribution in [2.45, 2.75) is 32.6 Å². The summed E-state index contributed by atoms with van der Waals surface area (Å²) in [7, 11) is 0. The Morgan fingerprint density at radius 1 is 1.24 bits per heavy atom. The van der Waals surface area contributed by atoms with Crippen molar-refractivity contribution in [3.05, 3.63) is 67.7 Å². The first-order chi connectivity index (χ1) is 16.4. The summed E-state index contributed by atoms with van der Waals surface area (Å²) in [6.07, 6.45) is 4.96. The maximum atomic E-state index is 12.9. The highest BCUT2D eigenvalue weighted by molar-refractivity contribution is 7.17. The molecule has 0 radical (unpaired) electrons. The van der Waals surface area contributed by atoms with Crippen LogP contribution < -0.4 is 5.32 Å². The monoisotopic (exact) mass is 514 g/mol. The number of hydrogen-bond donors (Lipinski definition) is 1. The van der Waals surface area contributed by atoms with Crippen LogP contribution in [0.15, 0.2) is 40.3 Å². The molecule has 0 saturated carbocycles. The summed E-state index contributed by atoms with van der Waals surface area (Å²) in [5.41, 5.74) is 1.75. The standard InChI is InChI=1S/C25H20Cl2N2O4S/c1-2-32-25(31)21-17-6-3-4-9-20(17)34-24(21)29-23(30)14(13-28)12-15-10-11-19(33-15)16-7-5-8-18(26)22(16)27/h5,7-8,10-12H,2-4,6,9H2,1H3,(H,29,30). The Bertz CT molecular complexity index is 1330. The number of ether oxygens (including phenoxy) is 1. The molecule has 6 nitrogen and oxygen atoms in total. The Hall–Kier alpha value is -3.05. The number of thiophene rings is 1. The molecular formula is C25H20Cl2N2O4S. The van der Waals surface area contributed by atoms with Gasteiger partial charge < -0.3 is 14.5 Å². The van der Waals surface area contributed by atoms with Crippen LogP contribution in [-0.2, 0) is 22.4 Å². The molecule has 4 rings (SSSR count). The zero-order valence-corrected chi connectivity index (χ0v) is 20.6. The van der Waals surface area contributed by atoms with Gasteiger partial charge in [-0.15, -0.1) is 11.3 Å². The molecule has 0 fully saturated rings. The van der Waals surface area contributed by atoms with E-state index in [2.05, 4.69) is 5.32 Å². The normalized spacial score (nSPS) is 13.2. The summed E-state index contributed by atoms with van der Waals surface area (Å²) in [6.45, 7) is 1.97. The van der Waals surface area contributed by atoms with Gasteiger partial charge in [0.1, 0.15) is 28.2 Å². The second-order valence-corrected chi connectivity index (χ2v) is 9.45. The van der Waals surface area contributed by atoms with Crippen LogP contribution in [0, 0.1) is 11.3 Å². The first-order valence-electron chi connectivity index (χ1n) is 10.7. The quantitative estimate of drug-likeness (QED) is 0.219. The van der Waals surface area contributed by atoms with E-state index in [4.69, 9.17) is 32.4 Å². The Labute approximate surface area is 210 Å². The molecule has 2 heterocycles. The molecule has 34 heavy (non-hydrogen) atoms. The largest absolute Gasteiger partial charge is 0.462 e. The molecular weight excluding hydrogens is 495 g/mol. The lowest BCUT2D eigenvalue weighted by Gasteiger charge is -2.12. The van der Waals surface area contributed by atoms with E-state index in [-0.39, 0.29) is 12.2 Å². The van der Waals surface area contributed by atoms with Crippen molar-refractivity contribution in [3.63, 3.8) is 0 Å². The van der Waals surface area contributed by atoms with Gasteiger partial charge in [-0.05, 0) is 62.4 Å². The molecule has 0 aliphatic heterocycles. The minimum atomic E-state index is -0.634. The lowest BCUT2D eigenvalue weighted by molar-refractivity contribution is -0.112. The van der Waals surface area contributed by atoms with E-state index < -0.39 is 11.9 Å². The molecule has 0 atom stereocenters. The zero-order chi connectivity index (χ0) is 24.2. The molecule has 1 aromatic carbocycles. The van der Waals surface area contributed by atoms with Crippen LogP contribution in [0.1, 0.15) is 46.3 Å². The van der Waals surface area contributed by atoms with Crippen molar-refractivity contribution in [1.82, 2.24) is 0 Å². The number of aryl methyl sites for hydroxylation is 1. The number of anilines is 1. The van der Waals surface area contributed by atoms with E-state index >= 15 is 0 Å². The van der Waals surface area contributed by atoms with Crippen molar-refractivity contribution >= 4 is 57.5 Å². The Morgan fingerprint density at radius 2 is 2.03 bits per heavy atom. The van der Waals surface area contributed by atoms with Crippen LogP contribution in [0.5, 0.6) is 0 Å². The number of nitrogens with one attached hydrogen (secondary N) is 1. The number of halogens is 2. The van der Waals surface area contributed by atoms with Crippen LogP contribution in [0.3, 0.4) is 0 Å². The predicted molar refractivity (Wildman–Crippen MR) is 133 cm³/mol. The second kappa shape index (κ2) is 10.5. The van der Waals surface area contributed by atoms with Crippen LogP contribution in [0.25, 0.3) is 17.4 Å². The smallest absolute Gasteiger partial charge is 0.341 e. The summed E-state index contributed by atoms with van der Waals surface area (Å²) in [6, 6.07) is 10.4. The predicted octanol–water partition coefficient (Wildman–Crippen LogP) is 6.92. The number of carbonyl (C=O) groups excluding carboxylic acids is 2. The number of fused-ring (bicyclic) bond motifs is 1. The molecule has 0 saturated heterocycles. The van der Waals surface area contributed by atoms with Gasteiger partial charge in [0, 0.05) is 16.5 Å². The average molecular weight is 515 g/mol. The van der Waals surface area contributed by atoms with Crippen LogP contribution in [0.4, 0.5) is 5.00 Å². The van der Waals surface area contributed by atoms with E-state index in [0.717, 1.165) is 36.1 Å². The SMILES string of the molecule is CCOC(=O)c1c(NC(=O)C(C#N)=Cc2ccc(-c3cccc(Cl)c3Cl)o2)sc2c1CCCC2. The van der Waals surface area contributed by atoms with E-state index in [1.807, 2.05) is 6.07 Å². The van der Waals surface area contributed by atoms with Crippen molar-refractivity contribution in [2.75, 3.05) is 11.9 Å². The maximum absolute atomic E-state index is 12.9. The van der Waals surface area contributed by atoms with Crippen LogP contribution in [-0.4, -0.2) is 18.5 Å². The fourth-order valence-electron chi connectivity index (χ4n) is 3.80. The third-order valence-corrected chi connectivity index (χ3v) is 7.40. The fourth-order valence-corrected chi connectivity index (χ4v) is 5.47. The van der Waals surface area contributed by atoms with Crippen molar-refractivity contribution in [2.24, 2.45) is 0 Å². The first-order valence-corrected chi connectivity index (χ1v) is 12.3. The number of nitriles is 1. The highest BCUT2D eigenvalue weighted by atomic mass is 35.5. The Kier molecular flexibility index (Phi) is 7.42. The van der Waals surface area contributed by atoms with Gasteiger partial charge in [-0.1, -0.05) is 29.3 Å². The molecule has 2 aromatic heterocycles. The molecule has 0 unspecified atom stereocenters. The maximum Gasteiger partial charge on any atom is 0.341 e. The Morgan fingerprint density at radius 3 is 2.79 bits per heavy atom. The second-order valence-electron chi connectivity index (χ2n) is 7.56. The number of rotatable bonds is 6. The summed E-state index contributed by atoms with van der Waals surface area (Å²) in [4.78, 5) is 26.6. The minimum absolute atomic E-state index is 0.167. The number of furan rings is 1. The molecule has 1 aliphatic carbocycles. The average Bonchev–Trinajstić information content (AvgIpc) is 3.43. The summed E-state index contributed by atoms with van der Waals surface area (Å²) in [5, 5.41) is 13.5. The van der Waals surface area contributed by atoms with Gasteiger partial charge in [0.25, 0.3) is 5.91 Å². The molecule has 1 amide bonds. The molecule has 0 spiro atoms. The number of benzene rings is 1. The molecule has 1 aliphatic rings. The molecule has 0 bridgehead atoms. The number of esters is 1. The van der Waals surface area contributed by atoms with Crippen LogP contribution >= 0.6 is 34.5 Å². The minimum Gasteiger partial charge on any atom is -0.462 e. The fraction of sp³-hybridized carbons (Fsp3) is 0.240. The van der Waals surface area contributed by atoms with Crippen molar-refractivity contribution in [3.8, 4) is 17.4 Å². The number of hydrogen-bond acceptors (Lipinski definition) is 6. The van der Waals surface area contributed by atoms with Crippen molar-refractivity contribution < 1.29 is 18.7 Å². The third-order valence-electron chi connectivity index (χ3n) is 5.37. The van der Waals surface area contributed by atoms with Gasteiger partial charge in [0.15, 0.2) is 0 Å². The lowest BCUT2D eigenvalue weighted by Crippen LogP contribution is -2.16. The van der Waals surface area contributed by atoms with Gasteiger partial charge in [-0.25, -0.2) is 4.79 Å². The zero-order valence-electron chi connectivity index (χ0n) is 18.2.